The number of amides is 1. The van der Waals surface area contributed by atoms with Crippen molar-refractivity contribution in [1.29, 1.82) is 0 Å². The summed E-state index contributed by atoms with van der Waals surface area (Å²) in [4.78, 5) is 12.5. The third-order valence-electron chi connectivity index (χ3n) is 3.77. The van der Waals surface area contributed by atoms with Crippen molar-refractivity contribution >= 4 is 39.1 Å². The van der Waals surface area contributed by atoms with Gasteiger partial charge in [0.1, 0.15) is 10.8 Å². The van der Waals surface area contributed by atoms with E-state index in [1.807, 2.05) is 0 Å². The van der Waals surface area contributed by atoms with Crippen LogP contribution in [0.15, 0.2) is 47.4 Å². The summed E-state index contributed by atoms with van der Waals surface area (Å²) in [5.74, 6) is -0.120. The van der Waals surface area contributed by atoms with Crippen LogP contribution in [0, 0.1) is 0 Å². The molecule has 2 aromatic carbocycles. The zero-order valence-electron chi connectivity index (χ0n) is 15.1. The quantitative estimate of drug-likeness (QED) is 0.730. The molecule has 0 fully saturated rings. The Morgan fingerprint density at radius 3 is 2.48 bits per heavy atom. The molecule has 0 bridgehead atoms. The summed E-state index contributed by atoms with van der Waals surface area (Å²) in [5.41, 5.74) is 0.479. The summed E-state index contributed by atoms with van der Waals surface area (Å²) in [6.45, 7) is 1.61. The molecule has 2 rings (SSSR count). The Labute approximate surface area is 169 Å². The molecule has 0 aromatic heterocycles. The molecular formula is C18H20Cl2N2O4S. The van der Waals surface area contributed by atoms with Gasteiger partial charge in [0.15, 0.2) is 6.10 Å². The largest absolute Gasteiger partial charge is 0.479 e. The van der Waals surface area contributed by atoms with Gasteiger partial charge in [0.2, 0.25) is 10.0 Å². The highest BCUT2D eigenvalue weighted by molar-refractivity contribution is 7.89. The topological polar surface area (TPSA) is 75.7 Å². The second kappa shape index (κ2) is 8.93. The average molecular weight is 431 g/mol. The zero-order chi connectivity index (χ0) is 20.2. The molecule has 1 atom stereocenters. The van der Waals surface area contributed by atoms with Crippen LogP contribution in [0.5, 0.6) is 5.75 Å². The standard InChI is InChI=1S/C18H20Cl2N2O4S/c1-12(26-15-9-6-8-14(19)17(15)20)18(23)21-11-13-7-4-5-10-16(13)27(24,25)22(2)3/h4-10,12H,11H2,1-3H3,(H,21,23). The van der Waals surface area contributed by atoms with Crippen molar-refractivity contribution in [1.82, 2.24) is 9.62 Å². The number of rotatable bonds is 7. The molecule has 146 valence electrons. The van der Waals surface area contributed by atoms with Gasteiger partial charge in [-0.15, -0.1) is 0 Å². The maximum absolute atomic E-state index is 12.4. The lowest BCUT2D eigenvalue weighted by atomic mass is 10.2. The highest BCUT2D eigenvalue weighted by Crippen LogP contribution is 2.32. The average Bonchev–Trinajstić information content (AvgIpc) is 2.63. The summed E-state index contributed by atoms with van der Waals surface area (Å²) in [6.07, 6.45) is -0.849. The molecule has 0 aliphatic rings. The van der Waals surface area contributed by atoms with Gasteiger partial charge in [-0.25, -0.2) is 12.7 Å². The van der Waals surface area contributed by atoms with Crippen LogP contribution in [0.3, 0.4) is 0 Å². The fourth-order valence-electron chi connectivity index (χ4n) is 2.24. The van der Waals surface area contributed by atoms with Gasteiger partial charge in [-0.05, 0) is 30.7 Å². The Balaban J connectivity index is 2.09. The Hall–Kier alpha value is -1.80. The lowest BCUT2D eigenvalue weighted by Crippen LogP contribution is -2.36. The van der Waals surface area contributed by atoms with Crippen molar-refractivity contribution < 1.29 is 17.9 Å². The van der Waals surface area contributed by atoms with Gasteiger partial charge < -0.3 is 10.1 Å². The first kappa shape index (κ1) is 21.5. The van der Waals surface area contributed by atoms with E-state index in [9.17, 15) is 13.2 Å². The highest BCUT2D eigenvalue weighted by atomic mass is 35.5. The molecule has 0 aliphatic carbocycles. The smallest absolute Gasteiger partial charge is 0.261 e. The molecule has 0 spiro atoms. The van der Waals surface area contributed by atoms with E-state index >= 15 is 0 Å². The van der Waals surface area contributed by atoms with Crippen molar-refractivity contribution in [3.8, 4) is 5.75 Å². The Morgan fingerprint density at radius 2 is 1.81 bits per heavy atom. The Morgan fingerprint density at radius 1 is 1.15 bits per heavy atom. The molecule has 2 aromatic rings. The van der Waals surface area contributed by atoms with Gasteiger partial charge in [0.05, 0.1) is 9.92 Å². The van der Waals surface area contributed by atoms with E-state index < -0.39 is 22.0 Å². The third-order valence-corrected chi connectivity index (χ3v) is 6.49. The number of hydrogen-bond acceptors (Lipinski definition) is 4. The lowest BCUT2D eigenvalue weighted by Gasteiger charge is -2.18. The van der Waals surface area contributed by atoms with Crippen LogP contribution in [0.2, 0.25) is 10.0 Å². The first-order chi connectivity index (χ1) is 12.6. The maximum Gasteiger partial charge on any atom is 0.261 e. The fraction of sp³-hybridized carbons (Fsp3) is 0.278. The predicted molar refractivity (Wildman–Crippen MR) is 106 cm³/mol. The van der Waals surface area contributed by atoms with Crippen molar-refractivity contribution in [2.75, 3.05) is 14.1 Å². The maximum atomic E-state index is 12.4. The molecule has 27 heavy (non-hydrogen) atoms. The molecule has 0 aliphatic heterocycles. The van der Waals surface area contributed by atoms with E-state index in [-0.39, 0.29) is 16.5 Å². The number of carbonyl (C=O) groups excluding carboxylic acids is 1. The Bertz CT molecular complexity index is 933. The van der Waals surface area contributed by atoms with Crippen LogP contribution in [0.25, 0.3) is 0 Å². The summed E-state index contributed by atoms with van der Waals surface area (Å²) >= 11 is 12.0. The van der Waals surface area contributed by atoms with Crippen molar-refractivity contribution in [2.24, 2.45) is 0 Å². The molecular weight excluding hydrogens is 411 g/mol. The molecule has 1 unspecified atom stereocenters. The van der Waals surface area contributed by atoms with E-state index in [1.165, 1.54) is 20.2 Å². The highest BCUT2D eigenvalue weighted by Gasteiger charge is 2.22. The summed E-state index contributed by atoms with van der Waals surface area (Å²) in [5, 5.41) is 3.23. The predicted octanol–water partition coefficient (Wildman–Crippen LogP) is 3.33. The number of ether oxygens (including phenoxy) is 1. The zero-order valence-corrected chi connectivity index (χ0v) is 17.4. The number of nitrogens with zero attached hydrogens (tertiary/aromatic N) is 1. The lowest BCUT2D eigenvalue weighted by molar-refractivity contribution is -0.127. The van der Waals surface area contributed by atoms with Crippen molar-refractivity contribution in [3.63, 3.8) is 0 Å². The normalized spacial score (nSPS) is 12.7. The van der Waals surface area contributed by atoms with Gasteiger partial charge in [-0.3, -0.25) is 4.79 Å². The van der Waals surface area contributed by atoms with E-state index in [2.05, 4.69) is 5.32 Å². The number of nitrogens with one attached hydrogen (secondary N) is 1. The molecule has 0 saturated heterocycles. The summed E-state index contributed by atoms with van der Waals surface area (Å²) < 4.78 is 31.5. The molecule has 0 saturated carbocycles. The monoisotopic (exact) mass is 430 g/mol. The van der Waals surface area contributed by atoms with Gasteiger partial charge in [0, 0.05) is 20.6 Å². The second-order valence-electron chi connectivity index (χ2n) is 5.92. The van der Waals surface area contributed by atoms with E-state index in [1.54, 1.807) is 43.3 Å². The molecule has 6 nitrogen and oxygen atoms in total. The fourth-order valence-corrected chi connectivity index (χ4v) is 3.70. The van der Waals surface area contributed by atoms with Crippen LogP contribution in [-0.2, 0) is 21.4 Å². The van der Waals surface area contributed by atoms with Gasteiger partial charge in [-0.2, -0.15) is 0 Å². The summed E-state index contributed by atoms with van der Waals surface area (Å²) in [6, 6.07) is 11.4. The van der Waals surface area contributed by atoms with Crippen molar-refractivity contribution in [3.05, 3.63) is 58.1 Å². The molecule has 0 radical (unpaired) electrons. The van der Waals surface area contributed by atoms with E-state index in [0.29, 0.717) is 16.3 Å². The minimum atomic E-state index is -3.62. The van der Waals surface area contributed by atoms with E-state index in [4.69, 9.17) is 27.9 Å². The third kappa shape index (κ3) is 5.13. The number of benzene rings is 2. The molecule has 0 heterocycles. The van der Waals surface area contributed by atoms with E-state index in [0.717, 1.165) is 4.31 Å². The second-order valence-corrected chi connectivity index (χ2v) is 8.83. The number of sulfonamides is 1. The SMILES string of the molecule is CC(Oc1cccc(Cl)c1Cl)C(=O)NCc1ccccc1S(=O)(=O)N(C)C. The molecule has 1 amide bonds. The van der Waals surface area contributed by atoms with Gasteiger partial charge in [0.25, 0.3) is 5.91 Å². The van der Waals surface area contributed by atoms with Crippen LogP contribution >= 0.6 is 23.2 Å². The van der Waals surface area contributed by atoms with Crippen LogP contribution in [-0.4, -0.2) is 38.8 Å². The van der Waals surface area contributed by atoms with Gasteiger partial charge in [-0.1, -0.05) is 47.5 Å². The van der Waals surface area contributed by atoms with Crippen LogP contribution < -0.4 is 10.1 Å². The molecule has 1 N–H and O–H groups in total. The minimum absolute atomic E-state index is 0.0407. The van der Waals surface area contributed by atoms with Crippen LogP contribution in [0.4, 0.5) is 0 Å². The summed E-state index contributed by atoms with van der Waals surface area (Å²) in [7, 11) is -0.709. The van der Waals surface area contributed by atoms with Gasteiger partial charge >= 0.3 is 0 Å². The van der Waals surface area contributed by atoms with Crippen LogP contribution in [0.1, 0.15) is 12.5 Å². The number of halogens is 2. The number of carbonyl (C=O) groups is 1. The first-order valence-electron chi connectivity index (χ1n) is 8.03. The Kier molecular flexibility index (Phi) is 7.11. The minimum Gasteiger partial charge on any atom is -0.479 e. The first-order valence-corrected chi connectivity index (χ1v) is 10.2. The number of hydrogen-bond donors (Lipinski definition) is 1. The van der Waals surface area contributed by atoms with Crippen molar-refractivity contribution in [2.45, 2.75) is 24.5 Å². The molecule has 9 heteroatoms.